The number of benzene rings is 2. The number of fused-ring (bicyclic) bond motifs is 1. The lowest BCUT2D eigenvalue weighted by atomic mass is 9.93. The first kappa shape index (κ1) is 31.1. The maximum absolute atomic E-state index is 13.2. The number of nitrogens with one attached hydrogen (secondary N) is 3. The fraction of sp³-hybridized carbons (Fsp3) is 0.345. The average molecular weight is 602 g/mol. The highest BCUT2D eigenvalue weighted by molar-refractivity contribution is 5.95. The van der Waals surface area contributed by atoms with Gasteiger partial charge in [0.2, 0.25) is 0 Å². The number of hydroxylamine groups is 1. The highest BCUT2D eigenvalue weighted by Gasteiger charge is 2.45. The summed E-state index contributed by atoms with van der Waals surface area (Å²) in [7, 11) is 0. The van der Waals surface area contributed by atoms with Gasteiger partial charge in [0, 0.05) is 41.8 Å². The van der Waals surface area contributed by atoms with Gasteiger partial charge in [-0.15, -0.1) is 0 Å². The number of alkyl halides is 3. The van der Waals surface area contributed by atoms with Crippen molar-refractivity contribution in [1.82, 2.24) is 26.0 Å². The first-order chi connectivity index (χ1) is 20.4. The average Bonchev–Trinajstić information content (AvgIpc) is 3.37. The molecule has 2 aromatic carbocycles. The van der Waals surface area contributed by atoms with E-state index in [0.29, 0.717) is 12.3 Å². The van der Waals surface area contributed by atoms with Gasteiger partial charge in [-0.25, -0.2) is 9.59 Å². The topological polar surface area (TPSA) is 139 Å². The standard InChI is InChI=1S/C29H30F3N5O6/c1-3-33-27(41)37-13-12-28(17-37,15-24(38)36-43-26(40)29(30,31)32)35-25(39)19-8-10-21(11-9-19)42-16-20-14-18(2)34-23-7-5-4-6-22(20)23/h4-11,14H,3,12-13,15-17H2,1-2H3,(H,33,41)(H,35,39)(H,36,38). The number of hydrogen-bond donors (Lipinski definition) is 3. The smallest absolute Gasteiger partial charge is 0.489 e. The van der Waals surface area contributed by atoms with E-state index in [1.54, 1.807) is 19.1 Å². The molecule has 1 saturated heterocycles. The summed E-state index contributed by atoms with van der Waals surface area (Å²) in [5.74, 6) is -3.76. The normalized spacial score (nSPS) is 16.4. The number of urea groups is 1. The van der Waals surface area contributed by atoms with Crippen LogP contribution in [0, 0.1) is 6.92 Å². The molecule has 2 heterocycles. The van der Waals surface area contributed by atoms with E-state index in [-0.39, 0.29) is 31.7 Å². The molecular formula is C29H30F3N5O6. The van der Waals surface area contributed by atoms with Crippen molar-refractivity contribution in [2.45, 2.75) is 45.0 Å². The molecule has 0 spiro atoms. The van der Waals surface area contributed by atoms with Crippen molar-refractivity contribution in [2.75, 3.05) is 19.6 Å². The van der Waals surface area contributed by atoms with Crippen LogP contribution < -0.4 is 20.9 Å². The van der Waals surface area contributed by atoms with E-state index in [2.05, 4.69) is 20.5 Å². The number of carbonyl (C=O) groups excluding carboxylic acids is 4. The molecule has 1 fully saturated rings. The van der Waals surface area contributed by atoms with Crippen LogP contribution in [0.2, 0.25) is 0 Å². The predicted octanol–water partition coefficient (Wildman–Crippen LogP) is 3.55. The van der Waals surface area contributed by atoms with E-state index in [9.17, 15) is 32.3 Å². The van der Waals surface area contributed by atoms with Crippen molar-refractivity contribution in [3.8, 4) is 5.75 Å². The third-order valence-corrected chi connectivity index (χ3v) is 6.78. The van der Waals surface area contributed by atoms with Gasteiger partial charge < -0.3 is 25.1 Å². The zero-order valence-electron chi connectivity index (χ0n) is 23.4. The molecule has 43 heavy (non-hydrogen) atoms. The van der Waals surface area contributed by atoms with Crippen LogP contribution in [0.4, 0.5) is 18.0 Å². The minimum Gasteiger partial charge on any atom is -0.489 e. The number of likely N-dealkylation sites (tertiary alicyclic amines) is 1. The summed E-state index contributed by atoms with van der Waals surface area (Å²) in [6, 6.07) is 15.5. The summed E-state index contributed by atoms with van der Waals surface area (Å²) in [4.78, 5) is 58.8. The Morgan fingerprint density at radius 2 is 1.79 bits per heavy atom. The summed E-state index contributed by atoms with van der Waals surface area (Å²) in [5, 5.41) is 6.34. The van der Waals surface area contributed by atoms with Gasteiger partial charge in [-0.05, 0) is 56.7 Å². The summed E-state index contributed by atoms with van der Waals surface area (Å²) < 4.78 is 43.3. The second-order valence-electron chi connectivity index (χ2n) is 10.1. The monoisotopic (exact) mass is 601 g/mol. The number of ether oxygens (including phenoxy) is 1. The first-order valence-electron chi connectivity index (χ1n) is 13.4. The van der Waals surface area contributed by atoms with E-state index in [4.69, 9.17) is 4.74 Å². The van der Waals surface area contributed by atoms with Crippen molar-refractivity contribution < 1.29 is 41.9 Å². The number of rotatable bonds is 8. The van der Waals surface area contributed by atoms with Crippen LogP contribution in [0.1, 0.15) is 41.4 Å². The number of hydrogen-bond acceptors (Lipinski definition) is 7. The third-order valence-electron chi connectivity index (χ3n) is 6.78. The Morgan fingerprint density at radius 1 is 1.07 bits per heavy atom. The molecule has 1 atom stereocenters. The second kappa shape index (κ2) is 13.0. The van der Waals surface area contributed by atoms with Crippen LogP contribution in [-0.4, -0.2) is 65.0 Å². The van der Waals surface area contributed by atoms with Crippen molar-refractivity contribution in [3.63, 3.8) is 0 Å². The number of carbonyl (C=O) groups is 4. The van der Waals surface area contributed by atoms with Crippen molar-refractivity contribution in [1.29, 1.82) is 0 Å². The maximum Gasteiger partial charge on any atom is 0.493 e. The Bertz CT molecular complexity index is 1510. The van der Waals surface area contributed by atoms with Crippen molar-refractivity contribution >= 4 is 34.7 Å². The fourth-order valence-corrected chi connectivity index (χ4v) is 4.79. The van der Waals surface area contributed by atoms with Gasteiger partial charge in [-0.3, -0.25) is 14.6 Å². The predicted molar refractivity (Wildman–Crippen MR) is 148 cm³/mol. The third kappa shape index (κ3) is 7.90. The Kier molecular flexibility index (Phi) is 9.37. The zero-order chi connectivity index (χ0) is 31.2. The second-order valence-corrected chi connectivity index (χ2v) is 10.1. The molecule has 1 unspecified atom stereocenters. The Hall–Kier alpha value is -4.88. The van der Waals surface area contributed by atoms with Gasteiger partial charge in [-0.2, -0.15) is 18.7 Å². The van der Waals surface area contributed by atoms with Crippen LogP contribution in [0.15, 0.2) is 54.6 Å². The molecule has 1 aliphatic rings. The number of para-hydroxylation sites is 1. The van der Waals surface area contributed by atoms with Gasteiger partial charge in [0.05, 0.1) is 17.5 Å². The lowest BCUT2D eigenvalue weighted by Crippen LogP contribution is -2.54. The molecule has 11 nitrogen and oxygen atoms in total. The van der Waals surface area contributed by atoms with E-state index in [1.165, 1.54) is 22.5 Å². The number of aryl methyl sites for hydroxylation is 1. The summed E-state index contributed by atoms with van der Waals surface area (Å²) in [6.45, 7) is 4.29. The zero-order valence-corrected chi connectivity index (χ0v) is 23.4. The molecule has 0 radical (unpaired) electrons. The number of amides is 4. The van der Waals surface area contributed by atoms with Gasteiger partial charge in [0.15, 0.2) is 0 Å². The minimum atomic E-state index is -5.30. The van der Waals surface area contributed by atoms with Crippen LogP contribution in [0.5, 0.6) is 5.75 Å². The molecule has 0 aliphatic carbocycles. The molecule has 0 saturated carbocycles. The highest BCUT2D eigenvalue weighted by Crippen LogP contribution is 2.27. The van der Waals surface area contributed by atoms with Gasteiger partial charge in [0.25, 0.3) is 11.8 Å². The largest absolute Gasteiger partial charge is 0.493 e. The number of nitrogens with zero attached hydrogens (tertiary/aromatic N) is 2. The lowest BCUT2D eigenvalue weighted by molar-refractivity contribution is -0.207. The molecule has 0 bridgehead atoms. The summed E-state index contributed by atoms with van der Waals surface area (Å²) in [6.07, 6.45) is -5.74. The van der Waals surface area contributed by atoms with Crippen LogP contribution >= 0.6 is 0 Å². The number of aromatic nitrogens is 1. The van der Waals surface area contributed by atoms with E-state index >= 15 is 0 Å². The minimum absolute atomic E-state index is 0.105. The number of halogens is 3. The number of pyridine rings is 1. The van der Waals surface area contributed by atoms with Crippen LogP contribution in [0.3, 0.4) is 0 Å². The van der Waals surface area contributed by atoms with Crippen molar-refractivity contribution in [3.05, 3.63) is 71.4 Å². The lowest BCUT2D eigenvalue weighted by Gasteiger charge is -2.30. The molecule has 1 aromatic heterocycles. The molecule has 4 rings (SSSR count). The SMILES string of the molecule is CCNC(=O)N1CCC(CC(=O)NOC(=O)C(F)(F)F)(NC(=O)c2ccc(OCc3cc(C)nc4ccccc34)cc2)C1. The summed E-state index contributed by atoms with van der Waals surface area (Å²) in [5.41, 5.74) is 3.00. The molecular weight excluding hydrogens is 571 g/mol. The molecule has 4 amide bonds. The van der Waals surface area contributed by atoms with E-state index in [1.807, 2.05) is 37.3 Å². The highest BCUT2D eigenvalue weighted by atomic mass is 19.4. The quantitative estimate of drug-likeness (QED) is 0.336. The Balaban J connectivity index is 1.43. The maximum atomic E-state index is 13.2. The molecule has 3 aromatic rings. The van der Waals surface area contributed by atoms with Crippen molar-refractivity contribution in [2.24, 2.45) is 0 Å². The van der Waals surface area contributed by atoms with E-state index in [0.717, 1.165) is 22.2 Å². The van der Waals surface area contributed by atoms with Gasteiger partial charge in [0.1, 0.15) is 12.4 Å². The molecule has 1 aliphatic heterocycles. The molecule has 3 N–H and O–H groups in total. The first-order valence-corrected chi connectivity index (χ1v) is 13.4. The Labute approximate surface area is 244 Å². The van der Waals surface area contributed by atoms with Crippen LogP contribution in [-0.2, 0) is 21.0 Å². The Morgan fingerprint density at radius 3 is 2.49 bits per heavy atom. The molecule has 14 heteroatoms. The molecule has 228 valence electrons. The fourth-order valence-electron chi connectivity index (χ4n) is 4.79. The van der Waals surface area contributed by atoms with Gasteiger partial charge >= 0.3 is 18.2 Å². The van der Waals surface area contributed by atoms with E-state index < -0.39 is 42.0 Å². The summed E-state index contributed by atoms with van der Waals surface area (Å²) >= 11 is 0. The van der Waals surface area contributed by atoms with Crippen LogP contribution in [0.25, 0.3) is 10.9 Å². The van der Waals surface area contributed by atoms with Gasteiger partial charge in [-0.1, -0.05) is 18.2 Å².